The zero-order valence-corrected chi connectivity index (χ0v) is 11.9. The predicted octanol–water partition coefficient (Wildman–Crippen LogP) is 4.23. The molecule has 0 fully saturated rings. The molecule has 0 bridgehead atoms. The van der Waals surface area contributed by atoms with E-state index in [-0.39, 0.29) is 5.91 Å². The van der Waals surface area contributed by atoms with Crippen LogP contribution in [-0.2, 0) is 4.79 Å². The van der Waals surface area contributed by atoms with Crippen molar-refractivity contribution in [3.8, 4) is 0 Å². The number of amides is 1. The number of rotatable bonds is 3. The van der Waals surface area contributed by atoms with E-state index in [4.69, 9.17) is 28.9 Å². The largest absolute Gasteiger partial charge is 0.397 e. The maximum absolute atomic E-state index is 11.8. The first kappa shape index (κ1) is 14.4. The number of carbonyl (C=O) groups excluding carboxylic acids is 1. The van der Waals surface area contributed by atoms with Crippen molar-refractivity contribution in [2.75, 3.05) is 11.1 Å². The van der Waals surface area contributed by atoms with E-state index in [1.165, 1.54) is 18.2 Å². The van der Waals surface area contributed by atoms with Gasteiger partial charge in [0.2, 0.25) is 5.91 Å². The number of nitrogens with two attached hydrogens (primary N) is 1. The highest BCUT2D eigenvalue weighted by atomic mass is 35.5. The lowest BCUT2D eigenvalue weighted by Gasteiger charge is -2.07. The summed E-state index contributed by atoms with van der Waals surface area (Å²) in [6.45, 7) is 0. The summed E-state index contributed by atoms with van der Waals surface area (Å²) in [6, 6.07) is 12.5. The van der Waals surface area contributed by atoms with Gasteiger partial charge in [-0.05, 0) is 23.8 Å². The Balaban J connectivity index is 2.09. The van der Waals surface area contributed by atoms with Gasteiger partial charge in [-0.1, -0.05) is 53.5 Å². The van der Waals surface area contributed by atoms with E-state index in [9.17, 15) is 4.79 Å². The van der Waals surface area contributed by atoms with Gasteiger partial charge in [0.25, 0.3) is 0 Å². The first-order valence-electron chi connectivity index (χ1n) is 5.85. The average molecular weight is 307 g/mol. The van der Waals surface area contributed by atoms with Crippen molar-refractivity contribution in [1.82, 2.24) is 0 Å². The molecular formula is C15H12Cl2N2O. The summed E-state index contributed by atoms with van der Waals surface area (Å²) in [5, 5.41) is 3.34. The summed E-state index contributed by atoms with van der Waals surface area (Å²) in [5.41, 5.74) is 7.49. The zero-order valence-electron chi connectivity index (χ0n) is 10.4. The molecule has 20 heavy (non-hydrogen) atoms. The van der Waals surface area contributed by atoms with Gasteiger partial charge in [0.15, 0.2) is 0 Å². The quantitative estimate of drug-likeness (QED) is 0.658. The highest BCUT2D eigenvalue weighted by Crippen LogP contribution is 2.30. The molecule has 2 rings (SSSR count). The summed E-state index contributed by atoms with van der Waals surface area (Å²) in [4.78, 5) is 11.8. The lowest BCUT2D eigenvalue weighted by atomic mass is 10.2. The second-order valence-corrected chi connectivity index (χ2v) is 4.90. The number of nitrogens with one attached hydrogen (secondary N) is 1. The van der Waals surface area contributed by atoms with Crippen LogP contribution in [0.2, 0.25) is 10.0 Å². The Morgan fingerprint density at radius 2 is 1.75 bits per heavy atom. The van der Waals surface area contributed by atoms with Gasteiger partial charge in [0.1, 0.15) is 0 Å². The summed E-state index contributed by atoms with van der Waals surface area (Å²) in [5.74, 6) is -0.293. The van der Waals surface area contributed by atoms with E-state index in [2.05, 4.69) is 5.32 Å². The van der Waals surface area contributed by atoms with Crippen molar-refractivity contribution in [2.45, 2.75) is 0 Å². The maximum Gasteiger partial charge on any atom is 0.248 e. The molecule has 2 aromatic carbocycles. The van der Waals surface area contributed by atoms with Crippen LogP contribution in [0.1, 0.15) is 5.56 Å². The standard InChI is InChI=1S/C15H12Cl2N2O/c16-11-8-13(18)14(9-12(11)17)19-15(20)7-6-10-4-2-1-3-5-10/h1-9H,18H2,(H,19,20)/b7-6+. The Hall–Kier alpha value is -1.97. The fraction of sp³-hybridized carbons (Fsp3) is 0. The second-order valence-electron chi connectivity index (χ2n) is 4.09. The number of hydrogen-bond donors (Lipinski definition) is 2. The van der Waals surface area contributed by atoms with Gasteiger partial charge in [-0.3, -0.25) is 4.79 Å². The Labute approximate surface area is 127 Å². The van der Waals surface area contributed by atoms with E-state index in [1.807, 2.05) is 30.3 Å². The van der Waals surface area contributed by atoms with Crippen LogP contribution in [0.15, 0.2) is 48.5 Å². The highest BCUT2D eigenvalue weighted by molar-refractivity contribution is 6.42. The van der Waals surface area contributed by atoms with Crippen LogP contribution < -0.4 is 11.1 Å². The molecule has 0 heterocycles. The van der Waals surface area contributed by atoms with Crippen molar-refractivity contribution in [2.24, 2.45) is 0 Å². The van der Waals surface area contributed by atoms with Gasteiger partial charge in [-0.15, -0.1) is 0 Å². The molecule has 0 spiro atoms. The summed E-state index contributed by atoms with van der Waals surface area (Å²) >= 11 is 11.7. The molecule has 2 aromatic rings. The van der Waals surface area contributed by atoms with Crippen molar-refractivity contribution >= 4 is 46.6 Å². The molecule has 0 radical (unpaired) electrons. The molecule has 3 nitrogen and oxygen atoms in total. The first-order valence-corrected chi connectivity index (χ1v) is 6.60. The van der Waals surface area contributed by atoms with Crippen LogP contribution in [0, 0.1) is 0 Å². The van der Waals surface area contributed by atoms with Crippen LogP contribution >= 0.6 is 23.2 Å². The van der Waals surface area contributed by atoms with E-state index >= 15 is 0 Å². The average Bonchev–Trinajstić information content (AvgIpc) is 2.44. The lowest BCUT2D eigenvalue weighted by molar-refractivity contribution is -0.111. The second kappa shape index (κ2) is 6.46. The van der Waals surface area contributed by atoms with Crippen LogP contribution in [0.4, 0.5) is 11.4 Å². The number of carbonyl (C=O) groups is 1. The minimum Gasteiger partial charge on any atom is -0.397 e. The Morgan fingerprint density at radius 1 is 1.10 bits per heavy atom. The molecule has 102 valence electrons. The summed E-state index contributed by atoms with van der Waals surface area (Å²) < 4.78 is 0. The van der Waals surface area contributed by atoms with Crippen molar-refractivity contribution in [3.63, 3.8) is 0 Å². The van der Waals surface area contributed by atoms with Crippen LogP contribution in [0.25, 0.3) is 6.08 Å². The third-order valence-electron chi connectivity index (χ3n) is 2.58. The molecule has 0 aliphatic carbocycles. The topological polar surface area (TPSA) is 55.1 Å². The van der Waals surface area contributed by atoms with Gasteiger partial charge in [0.05, 0.1) is 21.4 Å². The van der Waals surface area contributed by atoms with Crippen LogP contribution in [-0.4, -0.2) is 5.91 Å². The van der Waals surface area contributed by atoms with Gasteiger partial charge in [0, 0.05) is 6.08 Å². The number of nitrogen functional groups attached to an aromatic ring is 1. The van der Waals surface area contributed by atoms with E-state index in [0.29, 0.717) is 21.4 Å². The molecule has 0 saturated carbocycles. The molecule has 3 N–H and O–H groups in total. The minimum absolute atomic E-state index is 0.293. The molecular weight excluding hydrogens is 295 g/mol. The Kier molecular flexibility index (Phi) is 4.66. The predicted molar refractivity (Wildman–Crippen MR) is 85.0 cm³/mol. The number of anilines is 2. The number of hydrogen-bond acceptors (Lipinski definition) is 2. The van der Waals surface area contributed by atoms with Crippen molar-refractivity contribution < 1.29 is 4.79 Å². The smallest absolute Gasteiger partial charge is 0.248 e. The Morgan fingerprint density at radius 3 is 2.45 bits per heavy atom. The van der Waals surface area contributed by atoms with Gasteiger partial charge in [-0.25, -0.2) is 0 Å². The highest BCUT2D eigenvalue weighted by Gasteiger charge is 2.06. The number of benzene rings is 2. The van der Waals surface area contributed by atoms with Crippen LogP contribution in [0.3, 0.4) is 0 Å². The lowest BCUT2D eigenvalue weighted by Crippen LogP contribution is -2.09. The van der Waals surface area contributed by atoms with Gasteiger partial charge < -0.3 is 11.1 Å². The third kappa shape index (κ3) is 3.76. The molecule has 1 amide bonds. The molecule has 0 unspecified atom stereocenters. The van der Waals surface area contributed by atoms with Crippen molar-refractivity contribution in [3.05, 3.63) is 64.1 Å². The first-order chi connectivity index (χ1) is 9.56. The molecule has 0 aromatic heterocycles. The molecule has 0 saturated heterocycles. The normalized spacial score (nSPS) is 10.7. The summed E-state index contributed by atoms with van der Waals surface area (Å²) in [7, 11) is 0. The maximum atomic E-state index is 11.8. The molecule has 5 heteroatoms. The fourth-order valence-electron chi connectivity index (χ4n) is 1.58. The van der Waals surface area contributed by atoms with E-state index < -0.39 is 0 Å². The van der Waals surface area contributed by atoms with E-state index in [0.717, 1.165) is 5.56 Å². The summed E-state index contributed by atoms with van der Waals surface area (Å²) in [6.07, 6.45) is 3.14. The molecule has 0 aliphatic rings. The fourth-order valence-corrected chi connectivity index (χ4v) is 1.92. The van der Waals surface area contributed by atoms with Gasteiger partial charge in [-0.2, -0.15) is 0 Å². The SMILES string of the molecule is Nc1cc(Cl)c(Cl)cc1NC(=O)/C=C/c1ccccc1. The van der Waals surface area contributed by atoms with Gasteiger partial charge >= 0.3 is 0 Å². The Bertz CT molecular complexity index is 654. The van der Waals surface area contributed by atoms with Crippen molar-refractivity contribution in [1.29, 1.82) is 0 Å². The monoisotopic (exact) mass is 306 g/mol. The molecule has 0 aliphatic heterocycles. The molecule has 0 atom stereocenters. The van der Waals surface area contributed by atoms with E-state index in [1.54, 1.807) is 6.08 Å². The number of halogens is 2. The third-order valence-corrected chi connectivity index (χ3v) is 3.30. The minimum atomic E-state index is -0.293. The van der Waals surface area contributed by atoms with Crippen LogP contribution in [0.5, 0.6) is 0 Å². The zero-order chi connectivity index (χ0) is 14.5.